The summed E-state index contributed by atoms with van der Waals surface area (Å²) >= 11 is 0. The average molecular weight is 229 g/mol. The number of ether oxygens (including phenoxy) is 3. The van der Waals surface area contributed by atoms with Crippen LogP contribution in [0, 0.1) is 5.92 Å². The van der Waals surface area contributed by atoms with Crippen molar-refractivity contribution in [3.8, 4) is 0 Å². The maximum absolute atomic E-state index is 11.5. The first-order chi connectivity index (χ1) is 7.81. The van der Waals surface area contributed by atoms with Crippen molar-refractivity contribution in [2.45, 2.75) is 25.0 Å². The molecule has 0 aromatic rings. The second-order valence-electron chi connectivity index (χ2n) is 4.31. The summed E-state index contributed by atoms with van der Waals surface area (Å²) in [5.41, 5.74) is 0. The first-order valence-electron chi connectivity index (χ1n) is 5.82. The van der Waals surface area contributed by atoms with E-state index in [1.54, 1.807) is 0 Å². The number of methoxy groups -OCH3 is 1. The van der Waals surface area contributed by atoms with Gasteiger partial charge in [-0.1, -0.05) is 0 Å². The number of carbonyl (C=O) groups excluding carboxylic acids is 1. The highest BCUT2D eigenvalue weighted by Crippen LogP contribution is 2.33. The van der Waals surface area contributed by atoms with Crippen LogP contribution in [0.25, 0.3) is 0 Å². The minimum absolute atomic E-state index is 0.0552. The molecule has 1 heterocycles. The molecule has 16 heavy (non-hydrogen) atoms. The number of hydrogen-bond acceptors (Lipinski definition) is 5. The molecule has 0 spiro atoms. The molecule has 0 aromatic heterocycles. The predicted octanol–water partition coefficient (Wildman–Crippen LogP) is -0.0570. The standard InChI is InChI=1S/C11H19NO4/c1-14-11(13)10(8-2-3-8)12-6-9-7-15-4-5-16-9/h8-10,12H,2-7H2,1H3. The summed E-state index contributed by atoms with van der Waals surface area (Å²) < 4.78 is 15.6. The van der Waals surface area contributed by atoms with Gasteiger partial charge in [0, 0.05) is 6.54 Å². The molecule has 5 heteroatoms. The Labute approximate surface area is 95.4 Å². The summed E-state index contributed by atoms with van der Waals surface area (Å²) in [6.45, 7) is 2.56. The molecule has 0 aromatic carbocycles. The van der Waals surface area contributed by atoms with E-state index in [-0.39, 0.29) is 18.1 Å². The Kier molecular flexibility index (Phi) is 4.15. The SMILES string of the molecule is COC(=O)C(NCC1COCCO1)C1CC1. The molecule has 0 amide bonds. The lowest BCUT2D eigenvalue weighted by molar-refractivity contribution is -0.144. The summed E-state index contributed by atoms with van der Waals surface area (Å²) in [4.78, 5) is 11.5. The minimum Gasteiger partial charge on any atom is -0.468 e. The fraction of sp³-hybridized carbons (Fsp3) is 0.909. The minimum atomic E-state index is -0.171. The monoisotopic (exact) mass is 229 g/mol. The van der Waals surface area contributed by atoms with E-state index >= 15 is 0 Å². The Morgan fingerprint density at radius 3 is 2.88 bits per heavy atom. The first-order valence-corrected chi connectivity index (χ1v) is 5.82. The van der Waals surface area contributed by atoms with Crippen molar-refractivity contribution in [2.75, 3.05) is 33.5 Å². The zero-order chi connectivity index (χ0) is 11.4. The largest absolute Gasteiger partial charge is 0.468 e. The molecule has 1 saturated heterocycles. The molecule has 2 unspecified atom stereocenters. The van der Waals surface area contributed by atoms with Crippen molar-refractivity contribution >= 4 is 5.97 Å². The third-order valence-electron chi connectivity index (χ3n) is 3.00. The van der Waals surface area contributed by atoms with E-state index in [1.807, 2.05) is 0 Å². The Hall–Kier alpha value is -0.650. The van der Waals surface area contributed by atoms with E-state index in [0.717, 1.165) is 12.8 Å². The summed E-state index contributed by atoms with van der Waals surface area (Å²) in [5, 5.41) is 3.22. The third kappa shape index (κ3) is 3.17. The molecule has 0 bridgehead atoms. The highest BCUT2D eigenvalue weighted by Gasteiger charge is 2.37. The van der Waals surface area contributed by atoms with Gasteiger partial charge in [-0.15, -0.1) is 0 Å². The van der Waals surface area contributed by atoms with Crippen LogP contribution in [0.5, 0.6) is 0 Å². The van der Waals surface area contributed by atoms with Crippen LogP contribution in [-0.4, -0.2) is 51.6 Å². The van der Waals surface area contributed by atoms with Crippen LogP contribution in [0.2, 0.25) is 0 Å². The van der Waals surface area contributed by atoms with Gasteiger partial charge in [0.15, 0.2) is 0 Å². The smallest absolute Gasteiger partial charge is 0.323 e. The van der Waals surface area contributed by atoms with Crippen LogP contribution < -0.4 is 5.32 Å². The number of rotatable bonds is 5. The van der Waals surface area contributed by atoms with E-state index in [1.165, 1.54) is 7.11 Å². The molecule has 1 saturated carbocycles. The van der Waals surface area contributed by atoms with E-state index in [0.29, 0.717) is 32.3 Å². The Morgan fingerprint density at radius 2 is 2.31 bits per heavy atom. The van der Waals surface area contributed by atoms with Gasteiger partial charge in [0.25, 0.3) is 0 Å². The normalized spacial score (nSPS) is 27.4. The fourth-order valence-corrected chi connectivity index (χ4v) is 1.91. The van der Waals surface area contributed by atoms with Gasteiger partial charge < -0.3 is 19.5 Å². The molecule has 92 valence electrons. The van der Waals surface area contributed by atoms with Crippen molar-refractivity contribution in [3.05, 3.63) is 0 Å². The Balaban J connectivity index is 1.74. The number of nitrogens with one attached hydrogen (secondary N) is 1. The van der Waals surface area contributed by atoms with Crippen molar-refractivity contribution in [2.24, 2.45) is 5.92 Å². The molecule has 2 fully saturated rings. The Morgan fingerprint density at radius 1 is 1.50 bits per heavy atom. The molecule has 1 aliphatic heterocycles. The molecular weight excluding hydrogens is 210 g/mol. The molecule has 2 aliphatic rings. The molecule has 0 radical (unpaired) electrons. The van der Waals surface area contributed by atoms with Gasteiger partial charge in [0.2, 0.25) is 0 Å². The van der Waals surface area contributed by atoms with Crippen LogP contribution >= 0.6 is 0 Å². The zero-order valence-corrected chi connectivity index (χ0v) is 9.61. The lowest BCUT2D eigenvalue weighted by Gasteiger charge is -2.25. The fourth-order valence-electron chi connectivity index (χ4n) is 1.91. The molecule has 5 nitrogen and oxygen atoms in total. The van der Waals surface area contributed by atoms with Gasteiger partial charge in [-0.2, -0.15) is 0 Å². The van der Waals surface area contributed by atoms with Gasteiger partial charge in [0.05, 0.1) is 33.0 Å². The van der Waals surface area contributed by atoms with E-state index in [9.17, 15) is 4.79 Å². The maximum atomic E-state index is 11.5. The average Bonchev–Trinajstić information content (AvgIpc) is 3.15. The second-order valence-corrected chi connectivity index (χ2v) is 4.31. The quantitative estimate of drug-likeness (QED) is 0.669. The second kappa shape index (κ2) is 5.61. The highest BCUT2D eigenvalue weighted by atomic mass is 16.6. The predicted molar refractivity (Wildman–Crippen MR) is 57.1 cm³/mol. The van der Waals surface area contributed by atoms with Crippen LogP contribution in [0.1, 0.15) is 12.8 Å². The third-order valence-corrected chi connectivity index (χ3v) is 3.00. The Bertz CT molecular complexity index is 236. The van der Waals surface area contributed by atoms with Gasteiger partial charge in [-0.3, -0.25) is 4.79 Å². The van der Waals surface area contributed by atoms with Gasteiger partial charge in [0.1, 0.15) is 6.04 Å². The van der Waals surface area contributed by atoms with Crippen LogP contribution in [0.15, 0.2) is 0 Å². The summed E-state index contributed by atoms with van der Waals surface area (Å²) in [5.74, 6) is 0.274. The molecule has 2 rings (SSSR count). The lowest BCUT2D eigenvalue weighted by Crippen LogP contribution is -2.46. The van der Waals surface area contributed by atoms with Gasteiger partial charge >= 0.3 is 5.97 Å². The zero-order valence-electron chi connectivity index (χ0n) is 9.61. The summed E-state index contributed by atoms with van der Waals surface area (Å²) in [7, 11) is 1.43. The van der Waals surface area contributed by atoms with Gasteiger partial charge in [-0.05, 0) is 18.8 Å². The summed E-state index contributed by atoms with van der Waals surface area (Å²) in [6.07, 6.45) is 2.27. The number of carbonyl (C=O) groups is 1. The summed E-state index contributed by atoms with van der Waals surface area (Å²) in [6, 6.07) is -0.171. The van der Waals surface area contributed by atoms with Crippen LogP contribution in [-0.2, 0) is 19.0 Å². The maximum Gasteiger partial charge on any atom is 0.323 e. The van der Waals surface area contributed by atoms with E-state index in [2.05, 4.69) is 5.32 Å². The van der Waals surface area contributed by atoms with E-state index < -0.39 is 0 Å². The number of esters is 1. The topological polar surface area (TPSA) is 56.8 Å². The van der Waals surface area contributed by atoms with E-state index in [4.69, 9.17) is 14.2 Å². The molecule has 1 N–H and O–H groups in total. The molecular formula is C11H19NO4. The van der Waals surface area contributed by atoms with Gasteiger partial charge in [-0.25, -0.2) is 0 Å². The van der Waals surface area contributed by atoms with Crippen molar-refractivity contribution in [3.63, 3.8) is 0 Å². The van der Waals surface area contributed by atoms with Crippen molar-refractivity contribution in [1.82, 2.24) is 5.32 Å². The van der Waals surface area contributed by atoms with Crippen LogP contribution in [0.4, 0.5) is 0 Å². The molecule has 1 aliphatic carbocycles. The van der Waals surface area contributed by atoms with Crippen molar-refractivity contribution < 1.29 is 19.0 Å². The van der Waals surface area contributed by atoms with Crippen LogP contribution in [0.3, 0.4) is 0 Å². The number of hydrogen-bond donors (Lipinski definition) is 1. The van der Waals surface area contributed by atoms with Crippen molar-refractivity contribution in [1.29, 1.82) is 0 Å². The highest BCUT2D eigenvalue weighted by molar-refractivity contribution is 5.76. The first kappa shape index (κ1) is 11.8. The molecule has 2 atom stereocenters. The lowest BCUT2D eigenvalue weighted by atomic mass is 10.2.